The van der Waals surface area contributed by atoms with E-state index in [1.807, 2.05) is 20.8 Å². The van der Waals surface area contributed by atoms with Gasteiger partial charge in [-0.15, -0.1) is 11.3 Å². The first-order chi connectivity index (χ1) is 10.1. The van der Waals surface area contributed by atoms with E-state index in [9.17, 15) is 4.79 Å². The van der Waals surface area contributed by atoms with Crippen LogP contribution in [-0.4, -0.2) is 27.6 Å². The smallest absolute Gasteiger partial charge is 0.220 e. The van der Waals surface area contributed by atoms with Crippen LogP contribution in [0.25, 0.3) is 0 Å². The summed E-state index contributed by atoms with van der Waals surface area (Å²) in [7, 11) is 0. The molecule has 2 rings (SSSR count). The van der Waals surface area contributed by atoms with Crippen LogP contribution in [0.1, 0.15) is 40.5 Å². The van der Waals surface area contributed by atoms with E-state index in [0.29, 0.717) is 19.4 Å². The highest BCUT2D eigenvalue weighted by molar-refractivity contribution is 7.09. The molecule has 2 aromatic rings. The highest BCUT2D eigenvalue weighted by Crippen LogP contribution is 2.11. The third-order valence-electron chi connectivity index (χ3n) is 3.50. The Labute approximate surface area is 129 Å². The molecular weight excluding hydrogens is 284 g/mol. The van der Waals surface area contributed by atoms with Crippen molar-refractivity contribution in [1.29, 1.82) is 0 Å². The Hall–Kier alpha value is -1.69. The molecule has 0 unspecified atom stereocenters. The Morgan fingerprint density at radius 2 is 2.14 bits per heavy atom. The molecule has 2 heterocycles. The minimum atomic E-state index is 0.0883. The number of rotatable bonds is 7. The number of H-pyrrole nitrogens is 1. The summed E-state index contributed by atoms with van der Waals surface area (Å²) in [4.78, 5) is 16.2. The molecule has 0 atom stereocenters. The van der Waals surface area contributed by atoms with Gasteiger partial charge in [0.2, 0.25) is 5.91 Å². The Balaban J connectivity index is 1.62. The molecule has 114 valence electrons. The zero-order valence-corrected chi connectivity index (χ0v) is 13.6. The summed E-state index contributed by atoms with van der Waals surface area (Å²) >= 11 is 1.68. The lowest BCUT2D eigenvalue weighted by Gasteiger charge is -2.04. The van der Waals surface area contributed by atoms with Crippen LogP contribution in [0.5, 0.6) is 0 Å². The maximum atomic E-state index is 11.8. The predicted octanol–water partition coefficient (Wildman–Crippen LogP) is 2.47. The first-order valence-electron chi connectivity index (χ1n) is 7.24. The van der Waals surface area contributed by atoms with Gasteiger partial charge in [-0.05, 0) is 32.8 Å². The Bertz CT molecular complexity index is 603. The van der Waals surface area contributed by atoms with E-state index in [1.165, 1.54) is 0 Å². The van der Waals surface area contributed by atoms with Crippen LogP contribution in [0, 0.1) is 20.8 Å². The number of aromatic amines is 1. The Morgan fingerprint density at radius 3 is 2.76 bits per heavy atom. The molecule has 0 saturated carbocycles. The third-order valence-corrected chi connectivity index (χ3v) is 4.53. The van der Waals surface area contributed by atoms with Crippen molar-refractivity contribution >= 4 is 17.2 Å². The number of thiazole rings is 1. The maximum absolute atomic E-state index is 11.8. The number of aromatic nitrogens is 3. The van der Waals surface area contributed by atoms with E-state index in [-0.39, 0.29) is 5.91 Å². The zero-order chi connectivity index (χ0) is 15.2. The summed E-state index contributed by atoms with van der Waals surface area (Å²) in [6.45, 7) is 6.73. The van der Waals surface area contributed by atoms with E-state index in [4.69, 9.17) is 0 Å². The van der Waals surface area contributed by atoms with Crippen LogP contribution in [0.3, 0.4) is 0 Å². The van der Waals surface area contributed by atoms with E-state index < -0.39 is 0 Å². The van der Waals surface area contributed by atoms with Gasteiger partial charge in [-0.3, -0.25) is 9.89 Å². The van der Waals surface area contributed by atoms with Crippen molar-refractivity contribution in [3.8, 4) is 0 Å². The lowest BCUT2D eigenvalue weighted by atomic mass is 10.1. The molecule has 0 aliphatic rings. The standard InChI is InChI=1S/C15H22N4OS/c1-10-9-21-15(17-10)5-4-8-16-14(20)7-6-13-11(2)12(3)18-19-13/h9H,4-8H2,1-3H3,(H,16,20)(H,18,19). The van der Waals surface area contributed by atoms with Crippen molar-refractivity contribution in [2.45, 2.75) is 46.5 Å². The van der Waals surface area contributed by atoms with Crippen LogP contribution < -0.4 is 5.32 Å². The second-order valence-corrected chi connectivity index (χ2v) is 6.20. The molecule has 0 spiro atoms. The van der Waals surface area contributed by atoms with E-state index >= 15 is 0 Å². The number of hydrogen-bond donors (Lipinski definition) is 2. The molecule has 0 fully saturated rings. The summed E-state index contributed by atoms with van der Waals surface area (Å²) < 4.78 is 0. The molecule has 0 aliphatic carbocycles. The fraction of sp³-hybridized carbons (Fsp3) is 0.533. The first-order valence-corrected chi connectivity index (χ1v) is 8.12. The van der Waals surface area contributed by atoms with Crippen molar-refractivity contribution in [3.63, 3.8) is 0 Å². The quantitative estimate of drug-likeness (QED) is 0.772. The Morgan fingerprint density at radius 1 is 1.33 bits per heavy atom. The summed E-state index contributed by atoms with van der Waals surface area (Å²) in [5.74, 6) is 0.0883. The average molecular weight is 306 g/mol. The number of carbonyl (C=O) groups is 1. The molecule has 0 radical (unpaired) electrons. The highest BCUT2D eigenvalue weighted by Gasteiger charge is 2.08. The average Bonchev–Trinajstić information content (AvgIpc) is 3.01. The molecule has 21 heavy (non-hydrogen) atoms. The molecule has 2 N–H and O–H groups in total. The van der Waals surface area contributed by atoms with E-state index in [0.717, 1.165) is 40.5 Å². The lowest BCUT2D eigenvalue weighted by molar-refractivity contribution is -0.121. The minimum Gasteiger partial charge on any atom is -0.356 e. The lowest BCUT2D eigenvalue weighted by Crippen LogP contribution is -2.25. The van der Waals surface area contributed by atoms with Crippen LogP contribution in [-0.2, 0) is 17.6 Å². The first kappa shape index (κ1) is 15.7. The van der Waals surface area contributed by atoms with Crippen molar-refractivity contribution in [1.82, 2.24) is 20.5 Å². The van der Waals surface area contributed by atoms with Crippen molar-refractivity contribution in [3.05, 3.63) is 33.0 Å². The molecule has 5 nitrogen and oxygen atoms in total. The molecule has 0 saturated heterocycles. The van der Waals surface area contributed by atoms with Gasteiger partial charge in [0.05, 0.1) is 10.7 Å². The summed E-state index contributed by atoms with van der Waals surface area (Å²) in [5, 5.41) is 13.3. The van der Waals surface area contributed by atoms with Crippen molar-refractivity contribution < 1.29 is 4.79 Å². The number of nitrogens with one attached hydrogen (secondary N) is 2. The molecule has 0 aromatic carbocycles. The topological polar surface area (TPSA) is 70.7 Å². The second kappa shape index (κ2) is 7.36. The van der Waals surface area contributed by atoms with Crippen molar-refractivity contribution in [2.75, 3.05) is 6.54 Å². The van der Waals surface area contributed by atoms with E-state index in [1.54, 1.807) is 11.3 Å². The van der Waals surface area contributed by atoms with Gasteiger partial charge >= 0.3 is 0 Å². The monoisotopic (exact) mass is 306 g/mol. The molecule has 0 bridgehead atoms. The van der Waals surface area contributed by atoms with Gasteiger partial charge in [0.1, 0.15) is 0 Å². The molecule has 6 heteroatoms. The van der Waals surface area contributed by atoms with Gasteiger partial charge < -0.3 is 5.32 Å². The zero-order valence-electron chi connectivity index (χ0n) is 12.8. The van der Waals surface area contributed by atoms with Gasteiger partial charge in [0, 0.05) is 42.6 Å². The summed E-state index contributed by atoms with van der Waals surface area (Å²) in [6.07, 6.45) is 3.03. The largest absolute Gasteiger partial charge is 0.356 e. The summed E-state index contributed by atoms with van der Waals surface area (Å²) in [5.41, 5.74) is 4.29. The van der Waals surface area contributed by atoms with Gasteiger partial charge in [-0.1, -0.05) is 0 Å². The minimum absolute atomic E-state index is 0.0883. The number of amides is 1. The second-order valence-electron chi connectivity index (χ2n) is 5.26. The van der Waals surface area contributed by atoms with Gasteiger partial charge in [0.15, 0.2) is 0 Å². The fourth-order valence-corrected chi connectivity index (χ4v) is 2.90. The number of hydrogen-bond acceptors (Lipinski definition) is 4. The van der Waals surface area contributed by atoms with Crippen molar-refractivity contribution in [2.24, 2.45) is 0 Å². The van der Waals surface area contributed by atoms with Crippen LogP contribution >= 0.6 is 11.3 Å². The number of aryl methyl sites for hydroxylation is 4. The maximum Gasteiger partial charge on any atom is 0.220 e. The van der Waals surface area contributed by atoms with Gasteiger partial charge in [-0.2, -0.15) is 5.10 Å². The Kier molecular flexibility index (Phi) is 5.50. The molecule has 0 aliphatic heterocycles. The normalized spacial score (nSPS) is 10.8. The van der Waals surface area contributed by atoms with E-state index in [2.05, 4.69) is 25.9 Å². The SMILES string of the molecule is Cc1csc(CCCNC(=O)CCc2n[nH]c(C)c2C)n1. The predicted molar refractivity (Wildman–Crippen MR) is 84.6 cm³/mol. The highest BCUT2D eigenvalue weighted by atomic mass is 32.1. The number of nitrogens with zero attached hydrogens (tertiary/aromatic N) is 2. The number of carbonyl (C=O) groups excluding carboxylic acids is 1. The summed E-state index contributed by atoms with van der Waals surface area (Å²) in [6, 6.07) is 0. The molecule has 2 aromatic heterocycles. The molecule has 1 amide bonds. The van der Waals surface area contributed by atoms with Crippen LogP contribution in [0.2, 0.25) is 0 Å². The molecular formula is C15H22N4OS. The third kappa shape index (κ3) is 4.67. The van der Waals surface area contributed by atoms with Gasteiger partial charge in [-0.25, -0.2) is 4.98 Å². The fourth-order valence-electron chi connectivity index (χ4n) is 2.08. The van der Waals surface area contributed by atoms with Crippen LogP contribution in [0.4, 0.5) is 0 Å². The van der Waals surface area contributed by atoms with Gasteiger partial charge in [0.25, 0.3) is 0 Å². The van der Waals surface area contributed by atoms with Crippen LogP contribution in [0.15, 0.2) is 5.38 Å².